The largest absolute Gasteiger partial charge is 0.465 e. The first-order chi connectivity index (χ1) is 9.67. The highest BCUT2D eigenvalue weighted by Crippen LogP contribution is 2.32. The molecule has 1 aliphatic rings. The van der Waals surface area contributed by atoms with E-state index in [0.29, 0.717) is 17.8 Å². The van der Waals surface area contributed by atoms with E-state index in [9.17, 15) is 9.59 Å². The number of esters is 1. The molecule has 20 heavy (non-hydrogen) atoms. The average Bonchev–Trinajstić information content (AvgIpc) is 2.95. The molecular formula is C15H20N2O3. The molecule has 2 rings (SSSR count). The van der Waals surface area contributed by atoms with Gasteiger partial charge in [-0.1, -0.05) is 18.6 Å². The second kappa shape index (κ2) is 6.52. The summed E-state index contributed by atoms with van der Waals surface area (Å²) in [5.74, 6) is -0.344. The van der Waals surface area contributed by atoms with Gasteiger partial charge in [-0.25, -0.2) is 4.79 Å². The first-order valence-corrected chi connectivity index (χ1v) is 6.85. The monoisotopic (exact) mass is 276 g/mol. The number of benzene rings is 1. The number of nitrogens with two attached hydrogens (primary N) is 1. The minimum Gasteiger partial charge on any atom is -0.465 e. The Balaban J connectivity index is 2.14. The summed E-state index contributed by atoms with van der Waals surface area (Å²) >= 11 is 0. The molecule has 1 saturated carbocycles. The van der Waals surface area contributed by atoms with Crippen molar-refractivity contribution in [2.24, 2.45) is 17.6 Å². The molecule has 0 saturated heterocycles. The zero-order valence-corrected chi connectivity index (χ0v) is 11.6. The van der Waals surface area contributed by atoms with Crippen LogP contribution >= 0.6 is 0 Å². The van der Waals surface area contributed by atoms with Gasteiger partial charge < -0.3 is 15.8 Å². The zero-order chi connectivity index (χ0) is 14.5. The second-order valence-corrected chi connectivity index (χ2v) is 5.06. The fourth-order valence-corrected chi connectivity index (χ4v) is 2.77. The highest BCUT2D eigenvalue weighted by molar-refractivity contribution is 6.01. The maximum atomic E-state index is 12.3. The van der Waals surface area contributed by atoms with Gasteiger partial charge in [0.1, 0.15) is 0 Å². The van der Waals surface area contributed by atoms with E-state index in [-0.39, 0.29) is 17.7 Å². The fraction of sp³-hybridized carbons (Fsp3) is 0.467. The molecule has 2 unspecified atom stereocenters. The van der Waals surface area contributed by atoms with Gasteiger partial charge >= 0.3 is 5.97 Å². The van der Waals surface area contributed by atoms with Gasteiger partial charge in [0.05, 0.1) is 18.4 Å². The number of carbonyl (C=O) groups excluding carboxylic acids is 2. The summed E-state index contributed by atoms with van der Waals surface area (Å²) in [5.41, 5.74) is 6.56. The molecule has 0 bridgehead atoms. The van der Waals surface area contributed by atoms with Gasteiger partial charge in [-0.05, 0) is 37.4 Å². The van der Waals surface area contributed by atoms with E-state index in [4.69, 9.17) is 10.5 Å². The van der Waals surface area contributed by atoms with Crippen LogP contribution in [0.3, 0.4) is 0 Å². The van der Waals surface area contributed by atoms with E-state index < -0.39 is 5.97 Å². The summed E-state index contributed by atoms with van der Waals surface area (Å²) in [6.45, 7) is 0.525. The van der Waals surface area contributed by atoms with Crippen molar-refractivity contribution in [3.05, 3.63) is 29.8 Å². The lowest BCUT2D eigenvalue weighted by Crippen LogP contribution is -2.30. The van der Waals surface area contributed by atoms with Gasteiger partial charge in [-0.3, -0.25) is 4.79 Å². The molecule has 1 aromatic carbocycles. The molecule has 5 nitrogen and oxygen atoms in total. The maximum Gasteiger partial charge on any atom is 0.339 e. The van der Waals surface area contributed by atoms with Crippen LogP contribution < -0.4 is 11.1 Å². The summed E-state index contributed by atoms with van der Waals surface area (Å²) < 4.78 is 4.72. The topological polar surface area (TPSA) is 81.4 Å². The lowest BCUT2D eigenvalue weighted by atomic mass is 9.95. The molecule has 1 aliphatic carbocycles. The van der Waals surface area contributed by atoms with Crippen molar-refractivity contribution in [1.82, 2.24) is 0 Å². The van der Waals surface area contributed by atoms with Crippen molar-refractivity contribution in [3.8, 4) is 0 Å². The summed E-state index contributed by atoms with van der Waals surface area (Å²) in [4.78, 5) is 24.0. The third kappa shape index (κ3) is 2.99. The Morgan fingerprint density at radius 1 is 1.35 bits per heavy atom. The SMILES string of the molecule is COC(=O)c1ccccc1NC(=O)C1CCCC1CN. The molecule has 3 N–H and O–H groups in total. The Morgan fingerprint density at radius 3 is 2.80 bits per heavy atom. The number of para-hydroxylation sites is 1. The summed E-state index contributed by atoms with van der Waals surface area (Å²) in [5, 5.41) is 2.84. The first kappa shape index (κ1) is 14.5. The molecule has 1 amide bonds. The fourth-order valence-electron chi connectivity index (χ4n) is 2.77. The van der Waals surface area contributed by atoms with E-state index in [1.165, 1.54) is 7.11 Å². The number of hydrogen-bond donors (Lipinski definition) is 2. The van der Waals surface area contributed by atoms with Crippen molar-refractivity contribution in [2.75, 3.05) is 19.0 Å². The van der Waals surface area contributed by atoms with Crippen molar-refractivity contribution in [3.63, 3.8) is 0 Å². The summed E-state index contributed by atoms with van der Waals surface area (Å²) in [6, 6.07) is 6.85. The van der Waals surface area contributed by atoms with Crippen LogP contribution in [-0.4, -0.2) is 25.5 Å². The number of nitrogens with one attached hydrogen (secondary N) is 1. The van der Waals surface area contributed by atoms with Gasteiger partial charge in [0, 0.05) is 5.92 Å². The Hall–Kier alpha value is -1.88. The van der Waals surface area contributed by atoms with Gasteiger partial charge in [-0.2, -0.15) is 0 Å². The number of rotatable bonds is 4. The highest BCUT2D eigenvalue weighted by atomic mass is 16.5. The maximum absolute atomic E-state index is 12.3. The van der Waals surface area contributed by atoms with Gasteiger partial charge in [0.15, 0.2) is 0 Å². The van der Waals surface area contributed by atoms with E-state index in [1.54, 1.807) is 24.3 Å². The van der Waals surface area contributed by atoms with Crippen LogP contribution in [0.5, 0.6) is 0 Å². The zero-order valence-electron chi connectivity index (χ0n) is 11.6. The van der Waals surface area contributed by atoms with Crippen LogP contribution in [0.15, 0.2) is 24.3 Å². The van der Waals surface area contributed by atoms with Crippen LogP contribution in [0.25, 0.3) is 0 Å². The predicted octanol–water partition coefficient (Wildman–Crippen LogP) is 1.79. The van der Waals surface area contributed by atoms with Crippen molar-refractivity contribution >= 4 is 17.6 Å². The van der Waals surface area contributed by atoms with Crippen LogP contribution in [-0.2, 0) is 9.53 Å². The minimum atomic E-state index is -0.456. The summed E-state index contributed by atoms with van der Waals surface area (Å²) in [6.07, 6.45) is 2.87. The molecular weight excluding hydrogens is 256 g/mol. The standard InChI is InChI=1S/C15H20N2O3/c1-20-15(19)12-6-2-3-8-13(12)17-14(18)11-7-4-5-10(11)9-16/h2-3,6,8,10-11H,4-5,7,9,16H2,1H3,(H,17,18). The molecule has 0 radical (unpaired) electrons. The predicted molar refractivity (Wildman–Crippen MR) is 76.3 cm³/mol. The number of ether oxygens (including phenoxy) is 1. The number of hydrogen-bond acceptors (Lipinski definition) is 4. The number of amides is 1. The molecule has 0 aromatic heterocycles. The van der Waals surface area contributed by atoms with Crippen molar-refractivity contribution in [2.45, 2.75) is 19.3 Å². The molecule has 108 valence electrons. The molecule has 0 spiro atoms. The quantitative estimate of drug-likeness (QED) is 0.821. The third-order valence-corrected chi connectivity index (χ3v) is 3.89. The van der Waals surface area contributed by atoms with E-state index >= 15 is 0 Å². The Kier molecular flexibility index (Phi) is 4.74. The molecule has 5 heteroatoms. The minimum absolute atomic E-state index is 0.0608. The number of methoxy groups -OCH3 is 1. The summed E-state index contributed by atoms with van der Waals surface area (Å²) in [7, 11) is 1.32. The van der Waals surface area contributed by atoms with Gasteiger partial charge in [0.2, 0.25) is 5.91 Å². The van der Waals surface area contributed by atoms with Crippen LogP contribution in [0.1, 0.15) is 29.6 Å². The molecule has 1 aromatic rings. The average molecular weight is 276 g/mol. The normalized spacial score (nSPS) is 21.5. The van der Waals surface area contributed by atoms with Crippen molar-refractivity contribution < 1.29 is 14.3 Å². The lowest BCUT2D eigenvalue weighted by molar-refractivity contribution is -0.120. The molecule has 0 aliphatic heterocycles. The Labute approximate surface area is 118 Å². The second-order valence-electron chi connectivity index (χ2n) is 5.06. The third-order valence-electron chi connectivity index (χ3n) is 3.89. The molecule has 1 fully saturated rings. The Bertz CT molecular complexity index is 502. The van der Waals surface area contributed by atoms with Crippen molar-refractivity contribution in [1.29, 1.82) is 0 Å². The Morgan fingerprint density at radius 2 is 2.10 bits per heavy atom. The van der Waals surface area contributed by atoms with Gasteiger partial charge in [0.25, 0.3) is 0 Å². The highest BCUT2D eigenvalue weighted by Gasteiger charge is 2.32. The van der Waals surface area contributed by atoms with Crippen LogP contribution in [0.2, 0.25) is 0 Å². The van der Waals surface area contributed by atoms with E-state index in [0.717, 1.165) is 19.3 Å². The molecule has 0 heterocycles. The number of carbonyl (C=O) groups is 2. The number of anilines is 1. The molecule has 2 atom stereocenters. The lowest BCUT2D eigenvalue weighted by Gasteiger charge is -2.18. The smallest absolute Gasteiger partial charge is 0.339 e. The van der Waals surface area contributed by atoms with Crippen LogP contribution in [0, 0.1) is 11.8 Å². The van der Waals surface area contributed by atoms with Gasteiger partial charge in [-0.15, -0.1) is 0 Å². The van der Waals surface area contributed by atoms with E-state index in [1.807, 2.05) is 0 Å². The first-order valence-electron chi connectivity index (χ1n) is 6.85. The van der Waals surface area contributed by atoms with Crippen LogP contribution in [0.4, 0.5) is 5.69 Å². The van der Waals surface area contributed by atoms with E-state index in [2.05, 4.69) is 5.32 Å².